The first-order valence-corrected chi connectivity index (χ1v) is 5.71. The van der Waals surface area contributed by atoms with Crippen LogP contribution >= 0.6 is 31.9 Å². The van der Waals surface area contributed by atoms with Crippen molar-refractivity contribution in [1.82, 2.24) is 5.32 Å². The number of Topliss-reactive ketones (excluding diaryl/α,β-unsaturated/α-hetero) is 1. The number of allylic oxidation sites excluding steroid dienone is 2. The molecular weight excluding hydrogens is 330 g/mol. The average Bonchev–Trinajstić information content (AvgIpc) is 2.13. The molecule has 4 nitrogen and oxygen atoms in total. The van der Waals surface area contributed by atoms with Crippen LogP contribution in [0.15, 0.2) is 21.1 Å². The number of carbonyl (C=O) groups excluding carboxylic acids is 2. The van der Waals surface area contributed by atoms with E-state index in [9.17, 15) is 14.7 Å². The number of amides is 1. The van der Waals surface area contributed by atoms with Crippen molar-refractivity contribution in [2.45, 2.75) is 12.0 Å². The van der Waals surface area contributed by atoms with E-state index in [0.717, 1.165) is 0 Å². The van der Waals surface area contributed by atoms with E-state index in [0.29, 0.717) is 0 Å². The lowest BCUT2D eigenvalue weighted by atomic mass is 9.93. The molecule has 82 valence electrons. The van der Waals surface area contributed by atoms with Crippen molar-refractivity contribution in [3.8, 4) is 0 Å². The zero-order valence-corrected chi connectivity index (χ0v) is 11.1. The molecule has 0 radical (unpaired) electrons. The molecule has 0 bridgehead atoms. The minimum atomic E-state index is -1.42. The number of hydrogen-bond acceptors (Lipinski definition) is 3. The summed E-state index contributed by atoms with van der Waals surface area (Å²) in [7, 11) is 1.48. The Morgan fingerprint density at radius 2 is 1.93 bits per heavy atom. The van der Waals surface area contributed by atoms with Gasteiger partial charge >= 0.3 is 0 Å². The van der Waals surface area contributed by atoms with E-state index in [1.165, 1.54) is 19.2 Å². The molecule has 0 spiro atoms. The van der Waals surface area contributed by atoms with Gasteiger partial charge in [0.1, 0.15) is 5.60 Å². The highest BCUT2D eigenvalue weighted by atomic mass is 79.9. The Kier molecular flexibility index (Phi) is 3.86. The lowest BCUT2D eigenvalue weighted by Crippen LogP contribution is -2.34. The lowest BCUT2D eigenvalue weighted by Gasteiger charge is -2.23. The second-order valence-corrected chi connectivity index (χ2v) is 4.86. The van der Waals surface area contributed by atoms with Gasteiger partial charge < -0.3 is 10.4 Å². The highest BCUT2D eigenvalue weighted by molar-refractivity contribution is 9.13. The molecule has 0 aromatic rings. The fourth-order valence-corrected chi connectivity index (χ4v) is 2.66. The third kappa shape index (κ3) is 2.99. The first-order chi connectivity index (χ1) is 6.88. The van der Waals surface area contributed by atoms with E-state index in [1.807, 2.05) is 0 Å². The Labute approximate surface area is 104 Å². The molecule has 1 rings (SSSR count). The Hall–Kier alpha value is -0.460. The zero-order valence-electron chi connectivity index (χ0n) is 7.88. The normalized spacial score (nSPS) is 19.3. The van der Waals surface area contributed by atoms with E-state index < -0.39 is 5.60 Å². The van der Waals surface area contributed by atoms with Crippen LogP contribution in [0.2, 0.25) is 0 Å². The molecule has 6 heteroatoms. The van der Waals surface area contributed by atoms with Gasteiger partial charge in [0.2, 0.25) is 11.7 Å². The molecule has 1 amide bonds. The molecule has 0 aromatic heterocycles. The predicted octanol–water partition coefficient (Wildman–Crippen LogP) is 0.994. The molecular formula is C9H9Br2NO3. The molecule has 0 heterocycles. The van der Waals surface area contributed by atoms with Crippen molar-refractivity contribution in [1.29, 1.82) is 0 Å². The van der Waals surface area contributed by atoms with Crippen LogP contribution in [-0.4, -0.2) is 29.4 Å². The second-order valence-electron chi connectivity index (χ2n) is 3.15. The standard InChI is InChI=1S/C9H9Br2NO3/c1-12-7(13)4-9(15)2-5(10)8(14)6(11)3-9/h2-3,15H,4H2,1H3,(H,12,13). The van der Waals surface area contributed by atoms with Gasteiger partial charge in [-0.05, 0) is 44.0 Å². The highest BCUT2D eigenvalue weighted by Gasteiger charge is 2.32. The van der Waals surface area contributed by atoms with E-state index in [2.05, 4.69) is 37.2 Å². The molecule has 15 heavy (non-hydrogen) atoms. The van der Waals surface area contributed by atoms with Gasteiger partial charge in [-0.2, -0.15) is 0 Å². The summed E-state index contributed by atoms with van der Waals surface area (Å²) in [5.41, 5.74) is -1.42. The largest absolute Gasteiger partial charge is 0.381 e. The van der Waals surface area contributed by atoms with Gasteiger partial charge in [0, 0.05) is 7.05 Å². The first kappa shape index (κ1) is 12.6. The fraction of sp³-hybridized carbons (Fsp3) is 0.333. The topological polar surface area (TPSA) is 66.4 Å². The van der Waals surface area contributed by atoms with Crippen molar-refractivity contribution >= 4 is 43.6 Å². The quantitative estimate of drug-likeness (QED) is 0.789. The van der Waals surface area contributed by atoms with Gasteiger partial charge in [-0.15, -0.1) is 0 Å². The van der Waals surface area contributed by atoms with Crippen LogP contribution in [0.1, 0.15) is 6.42 Å². The molecule has 0 saturated heterocycles. The number of hydrogen-bond donors (Lipinski definition) is 2. The molecule has 2 N–H and O–H groups in total. The predicted molar refractivity (Wildman–Crippen MR) is 62.7 cm³/mol. The number of rotatable bonds is 2. The van der Waals surface area contributed by atoms with Crippen molar-refractivity contribution in [2.75, 3.05) is 7.05 Å². The van der Waals surface area contributed by atoms with Crippen LogP contribution in [0, 0.1) is 0 Å². The summed E-state index contributed by atoms with van der Waals surface area (Å²) >= 11 is 6.06. The van der Waals surface area contributed by atoms with Crippen LogP contribution in [0.25, 0.3) is 0 Å². The average molecular weight is 339 g/mol. The number of carbonyl (C=O) groups is 2. The van der Waals surface area contributed by atoms with Crippen molar-refractivity contribution < 1.29 is 14.7 Å². The molecule has 0 saturated carbocycles. The summed E-state index contributed by atoms with van der Waals surface area (Å²) in [5.74, 6) is -0.559. The number of aliphatic hydroxyl groups is 1. The van der Waals surface area contributed by atoms with Crippen LogP contribution in [-0.2, 0) is 9.59 Å². The van der Waals surface area contributed by atoms with Crippen molar-refractivity contribution in [3.63, 3.8) is 0 Å². The minimum Gasteiger partial charge on any atom is -0.381 e. The summed E-state index contributed by atoms with van der Waals surface area (Å²) in [4.78, 5) is 22.5. The van der Waals surface area contributed by atoms with E-state index in [1.54, 1.807) is 0 Å². The SMILES string of the molecule is CNC(=O)CC1(O)C=C(Br)C(=O)C(Br)=C1. The van der Waals surface area contributed by atoms with Crippen LogP contribution in [0.3, 0.4) is 0 Å². The van der Waals surface area contributed by atoms with Crippen LogP contribution in [0.5, 0.6) is 0 Å². The maximum atomic E-state index is 11.3. The van der Waals surface area contributed by atoms with E-state index >= 15 is 0 Å². The Morgan fingerprint density at radius 1 is 1.47 bits per heavy atom. The number of nitrogens with one attached hydrogen (secondary N) is 1. The third-order valence-electron chi connectivity index (χ3n) is 1.91. The smallest absolute Gasteiger partial charge is 0.223 e. The molecule has 1 aliphatic rings. The Balaban J connectivity index is 2.95. The molecule has 0 aromatic carbocycles. The first-order valence-electron chi connectivity index (χ1n) is 4.12. The molecule has 0 atom stereocenters. The monoisotopic (exact) mass is 337 g/mol. The summed E-state index contributed by atoms with van der Waals surface area (Å²) < 4.78 is 0.478. The maximum absolute atomic E-state index is 11.3. The van der Waals surface area contributed by atoms with Gasteiger partial charge in [0.05, 0.1) is 15.4 Å². The third-order valence-corrected chi connectivity index (χ3v) is 3.09. The summed E-state index contributed by atoms with van der Waals surface area (Å²) in [6.45, 7) is 0. The van der Waals surface area contributed by atoms with Gasteiger partial charge in [0.25, 0.3) is 0 Å². The van der Waals surface area contributed by atoms with E-state index in [-0.39, 0.29) is 27.1 Å². The van der Waals surface area contributed by atoms with Gasteiger partial charge in [-0.3, -0.25) is 9.59 Å². The lowest BCUT2D eigenvalue weighted by molar-refractivity contribution is -0.123. The van der Waals surface area contributed by atoms with E-state index in [4.69, 9.17) is 0 Å². The summed E-state index contributed by atoms with van der Waals surface area (Å²) in [5, 5.41) is 12.4. The summed E-state index contributed by atoms with van der Waals surface area (Å²) in [6.07, 6.45) is 2.51. The van der Waals surface area contributed by atoms with Gasteiger partial charge in [-0.1, -0.05) is 0 Å². The summed E-state index contributed by atoms with van der Waals surface area (Å²) in [6, 6.07) is 0. The van der Waals surface area contributed by atoms with Crippen molar-refractivity contribution in [3.05, 3.63) is 21.1 Å². The molecule has 0 unspecified atom stereocenters. The number of ketones is 1. The Bertz CT molecular complexity index is 352. The second kappa shape index (κ2) is 4.59. The number of halogens is 2. The minimum absolute atomic E-state index is 0.124. The fourth-order valence-electron chi connectivity index (χ4n) is 1.17. The molecule has 1 aliphatic carbocycles. The Morgan fingerprint density at radius 3 is 2.33 bits per heavy atom. The maximum Gasteiger partial charge on any atom is 0.223 e. The van der Waals surface area contributed by atoms with Crippen LogP contribution < -0.4 is 5.32 Å². The van der Waals surface area contributed by atoms with Crippen LogP contribution in [0.4, 0.5) is 0 Å². The van der Waals surface area contributed by atoms with Crippen molar-refractivity contribution in [2.24, 2.45) is 0 Å². The van der Waals surface area contributed by atoms with Gasteiger partial charge in [0.15, 0.2) is 0 Å². The molecule has 0 aliphatic heterocycles. The zero-order chi connectivity index (χ0) is 11.6. The highest BCUT2D eigenvalue weighted by Crippen LogP contribution is 2.31. The van der Waals surface area contributed by atoms with Gasteiger partial charge in [-0.25, -0.2) is 0 Å². The molecule has 0 fully saturated rings.